The molecule has 0 saturated heterocycles. The van der Waals surface area contributed by atoms with Crippen molar-refractivity contribution in [2.75, 3.05) is 11.9 Å². The van der Waals surface area contributed by atoms with E-state index in [9.17, 15) is 4.39 Å². The molecule has 0 fully saturated rings. The molecule has 0 aliphatic heterocycles. The van der Waals surface area contributed by atoms with Crippen LogP contribution in [0.15, 0.2) is 18.2 Å². The number of rotatable bonds is 2. The van der Waals surface area contributed by atoms with Gasteiger partial charge in [-0.25, -0.2) is 4.39 Å². The van der Waals surface area contributed by atoms with Gasteiger partial charge < -0.3 is 5.32 Å². The average Bonchev–Trinajstić information content (AvgIpc) is 1.95. The Morgan fingerprint density at radius 2 is 2.27 bits per heavy atom. The summed E-state index contributed by atoms with van der Waals surface area (Å²) in [6, 6.07) is 4.72. The van der Waals surface area contributed by atoms with Crippen molar-refractivity contribution in [2.45, 2.75) is 6.92 Å². The van der Waals surface area contributed by atoms with Gasteiger partial charge in [-0.15, -0.1) is 0 Å². The molecule has 1 aromatic carbocycles. The van der Waals surface area contributed by atoms with Crippen molar-refractivity contribution in [3.63, 3.8) is 0 Å². The minimum atomic E-state index is -0.184. The van der Waals surface area contributed by atoms with E-state index >= 15 is 0 Å². The Balaban J connectivity index is 2.90. The van der Waals surface area contributed by atoms with Crippen molar-refractivity contribution in [1.29, 1.82) is 0 Å². The Bertz CT molecular complexity index is 250. The Morgan fingerprint density at radius 1 is 1.55 bits per heavy atom. The van der Waals surface area contributed by atoms with Crippen molar-refractivity contribution in [2.24, 2.45) is 0 Å². The smallest absolute Gasteiger partial charge is 0.124 e. The van der Waals surface area contributed by atoms with Crippen LogP contribution in [0.2, 0.25) is 0 Å². The zero-order chi connectivity index (χ0) is 8.27. The molecule has 0 radical (unpaired) electrons. The third kappa shape index (κ3) is 2.32. The Labute approximate surface area is 79.1 Å². The molecule has 0 saturated carbocycles. The maximum Gasteiger partial charge on any atom is 0.124 e. The Morgan fingerprint density at radius 3 is 2.82 bits per heavy atom. The van der Waals surface area contributed by atoms with Crippen LogP contribution in [0.3, 0.4) is 0 Å². The van der Waals surface area contributed by atoms with Crippen LogP contribution in [0.1, 0.15) is 6.92 Å². The van der Waals surface area contributed by atoms with E-state index in [1.54, 1.807) is 6.07 Å². The number of hydrogen-bond donors (Lipinski definition) is 1. The summed E-state index contributed by atoms with van der Waals surface area (Å²) in [6.07, 6.45) is 0. The van der Waals surface area contributed by atoms with Crippen molar-refractivity contribution in [3.05, 3.63) is 27.6 Å². The zero-order valence-corrected chi connectivity index (χ0v) is 8.35. The molecule has 11 heavy (non-hydrogen) atoms. The molecule has 0 amide bonds. The van der Waals surface area contributed by atoms with E-state index in [-0.39, 0.29) is 5.82 Å². The molecular formula is C8H9FIN. The number of nitrogens with one attached hydrogen (secondary N) is 1. The summed E-state index contributed by atoms with van der Waals surface area (Å²) in [6.45, 7) is 2.88. The van der Waals surface area contributed by atoms with Gasteiger partial charge in [0.05, 0.1) is 0 Å². The maximum absolute atomic E-state index is 12.6. The highest BCUT2D eigenvalue weighted by Gasteiger charge is 1.98. The molecule has 0 heterocycles. The lowest BCUT2D eigenvalue weighted by atomic mass is 10.3. The predicted molar refractivity (Wildman–Crippen MR) is 53.3 cm³/mol. The summed E-state index contributed by atoms with van der Waals surface area (Å²) >= 11 is 2.11. The van der Waals surface area contributed by atoms with Crippen LogP contribution in [0.5, 0.6) is 0 Å². The fraction of sp³-hybridized carbons (Fsp3) is 0.250. The quantitative estimate of drug-likeness (QED) is 0.811. The van der Waals surface area contributed by atoms with Crippen molar-refractivity contribution < 1.29 is 4.39 Å². The van der Waals surface area contributed by atoms with Crippen LogP contribution in [-0.2, 0) is 0 Å². The fourth-order valence-electron chi connectivity index (χ4n) is 0.823. The average molecular weight is 265 g/mol. The number of anilines is 1. The first kappa shape index (κ1) is 8.77. The highest BCUT2D eigenvalue weighted by atomic mass is 127. The van der Waals surface area contributed by atoms with E-state index in [0.717, 1.165) is 15.8 Å². The van der Waals surface area contributed by atoms with Crippen molar-refractivity contribution in [1.82, 2.24) is 0 Å². The summed E-state index contributed by atoms with van der Waals surface area (Å²) in [5.74, 6) is -0.184. The predicted octanol–water partition coefficient (Wildman–Crippen LogP) is 2.86. The Kier molecular flexibility index (Phi) is 3.11. The lowest BCUT2D eigenvalue weighted by Crippen LogP contribution is -1.98. The van der Waals surface area contributed by atoms with Gasteiger partial charge in [-0.2, -0.15) is 0 Å². The standard InChI is InChI=1S/C8H9FIN/c1-2-11-8-4-3-6(9)5-7(8)10/h3-5,11H,2H2,1H3. The molecule has 1 N–H and O–H groups in total. The monoisotopic (exact) mass is 265 g/mol. The molecule has 60 valence electrons. The highest BCUT2D eigenvalue weighted by molar-refractivity contribution is 14.1. The van der Waals surface area contributed by atoms with E-state index < -0.39 is 0 Å². The van der Waals surface area contributed by atoms with Gasteiger partial charge in [0.15, 0.2) is 0 Å². The largest absolute Gasteiger partial charge is 0.384 e. The summed E-state index contributed by atoms with van der Waals surface area (Å²) < 4.78 is 13.5. The molecule has 0 aromatic heterocycles. The zero-order valence-electron chi connectivity index (χ0n) is 6.20. The van der Waals surface area contributed by atoms with Crippen LogP contribution >= 0.6 is 22.6 Å². The lowest BCUT2D eigenvalue weighted by molar-refractivity contribution is 0.627. The molecular weight excluding hydrogens is 256 g/mol. The fourth-order valence-corrected chi connectivity index (χ4v) is 1.49. The van der Waals surface area contributed by atoms with Crippen LogP contribution in [0.25, 0.3) is 0 Å². The summed E-state index contributed by atoms with van der Waals surface area (Å²) in [7, 11) is 0. The topological polar surface area (TPSA) is 12.0 Å². The van der Waals surface area contributed by atoms with Gasteiger partial charge in [0.1, 0.15) is 5.82 Å². The molecule has 0 atom stereocenters. The third-order valence-electron chi connectivity index (χ3n) is 1.30. The van der Waals surface area contributed by atoms with Gasteiger partial charge in [0, 0.05) is 15.8 Å². The normalized spacial score (nSPS) is 9.73. The maximum atomic E-state index is 12.6. The second-order valence-electron chi connectivity index (χ2n) is 2.15. The van der Waals surface area contributed by atoms with Gasteiger partial charge in [-0.1, -0.05) is 0 Å². The second-order valence-corrected chi connectivity index (χ2v) is 3.32. The van der Waals surface area contributed by atoms with Crippen LogP contribution < -0.4 is 5.32 Å². The van der Waals surface area contributed by atoms with Gasteiger partial charge in [0.25, 0.3) is 0 Å². The molecule has 0 unspecified atom stereocenters. The minimum absolute atomic E-state index is 0.184. The van der Waals surface area contributed by atoms with E-state index in [0.29, 0.717) is 0 Å². The van der Waals surface area contributed by atoms with E-state index in [2.05, 4.69) is 27.9 Å². The van der Waals surface area contributed by atoms with Gasteiger partial charge in [0.2, 0.25) is 0 Å². The minimum Gasteiger partial charge on any atom is -0.384 e. The number of halogens is 2. The first-order valence-electron chi connectivity index (χ1n) is 3.43. The van der Waals surface area contributed by atoms with E-state index in [4.69, 9.17) is 0 Å². The molecule has 0 spiro atoms. The number of benzene rings is 1. The SMILES string of the molecule is CCNc1ccc(F)cc1I. The molecule has 0 aliphatic rings. The summed E-state index contributed by atoms with van der Waals surface area (Å²) in [5, 5.41) is 3.13. The number of hydrogen-bond acceptors (Lipinski definition) is 1. The van der Waals surface area contributed by atoms with Crippen molar-refractivity contribution >= 4 is 28.3 Å². The summed E-state index contributed by atoms with van der Waals surface area (Å²) in [5.41, 5.74) is 0.995. The first-order valence-corrected chi connectivity index (χ1v) is 4.51. The van der Waals surface area contributed by atoms with E-state index in [1.165, 1.54) is 12.1 Å². The van der Waals surface area contributed by atoms with Gasteiger partial charge in [-0.05, 0) is 47.7 Å². The molecule has 0 aliphatic carbocycles. The third-order valence-corrected chi connectivity index (χ3v) is 2.19. The highest BCUT2D eigenvalue weighted by Crippen LogP contribution is 2.18. The van der Waals surface area contributed by atoms with Gasteiger partial charge in [-0.3, -0.25) is 0 Å². The molecule has 1 rings (SSSR count). The first-order chi connectivity index (χ1) is 5.24. The van der Waals surface area contributed by atoms with Crippen molar-refractivity contribution in [3.8, 4) is 0 Å². The van der Waals surface area contributed by atoms with Crippen LogP contribution in [0, 0.1) is 9.39 Å². The summed E-state index contributed by atoms with van der Waals surface area (Å²) in [4.78, 5) is 0. The molecule has 1 nitrogen and oxygen atoms in total. The molecule has 3 heteroatoms. The Hall–Kier alpha value is -0.320. The van der Waals surface area contributed by atoms with Gasteiger partial charge >= 0.3 is 0 Å². The lowest BCUT2D eigenvalue weighted by Gasteiger charge is -2.04. The van der Waals surface area contributed by atoms with E-state index in [1.807, 2.05) is 6.92 Å². The second kappa shape index (κ2) is 3.90. The molecule has 1 aromatic rings. The van der Waals surface area contributed by atoms with Crippen LogP contribution in [0.4, 0.5) is 10.1 Å². The van der Waals surface area contributed by atoms with Crippen LogP contribution in [-0.4, -0.2) is 6.54 Å². The molecule has 0 bridgehead atoms.